The van der Waals surface area contributed by atoms with Crippen LogP contribution in [0.5, 0.6) is 0 Å². The Bertz CT molecular complexity index is 687. The van der Waals surface area contributed by atoms with Crippen LogP contribution in [0.1, 0.15) is 0 Å². The Morgan fingerprint density at radius 1 is 1.22 bits per heavy atom. The second-order valence-corrected chi connectivity index (χ2v) is 7.00. The second kappa shape index (κ2) is 5.07. The number of primary sulfonamides is 1. The van der Waals surface area contributed by atoms with Gasteiger partial charge < -0.3 is 0 Å². The molecule has 1 aromatic rings. The van der Waals surface area contributed by atoms with E-state index in [9.17, 15) is 16.8 Å². The average molecular weight is 288 g/mol. The van der Waals surface area contributed by atoms with Gasteiger partial charge in [-0.05, 0) is 12.1 Å². The zero-order valence-corrected chi connectivity index (χ0v) is 11.2. The summed E-state index contributed by atoms with van der Waals surface area (Å²) in [4.78, 5) is -0.834. The highest BCUT2D eigenvalue weighted by atomic mass is 32.2. The topological polar surface area (TPSA) is 97.5 Å². The first kappa shape index (κ1) is 14.7. The van der Waals surface area contributed by atoms with Gasteiger partial charge in [-0.25, -0.2) is 22.0 Å². The summed E-state index contributed by atoms with van der Waals surface area (Å²) in [5.74, 6) is 2.17. The molecule has 0 saturated carbocycles. The average Bonchev–Trinajstić information content (AvgIpc) is 2.28. The Balaban J connectivity index is 3.49. The summed E-state index contributed by atoms with van der Waals surface area (Å²) in [5.41, 5.74) is 0. The van der Waals surface area contributed by atoms with Crippen molar-refractivity contribution in [1.29, 1.82) is 0 Å². The van der Waals surface area contributed by atoms with Crippen molar-refractivity contribution < 1.29 is 16.8 Å². The van der Waals surface area contributed by atoms with Gasteiger partial charge in [0.1, 0.15) is 9.79 Å². The van der Waals surface area contributed by atoms with E-state index in [-0.39, 0.29) is 11.4 Å². The number of rotatable bonds is 4. The van der Waals surface area contributed by atoms with Crippen molar-refractivity contribution in [2.45, 2.75) is 9.79 Å². The number of sulfonamides is 2. The van der Waals surface area contributed by atoms with Crippen molar-refractivity contribution in [3.05, 3.63) is 24.3 Å². The van der Waals surface area contributed by atoms with Crippen molar-refractivity contribution in [3.8, 4) is 12.3 Å². The number of nitrogens with two attached hydrogens (primary N) is 1. The van der Waals surface area contributed by atoms with Gasteiger partial charge in [0.2, 0.25) is 20.0 Å². The maximum absolute atomic E-state index is 12.1. The first-order chi connectivity index (χ1) is 8.21. The van der Waals surface area contributed by atoms with Crippen LogP contribution in [0.3, 0.4) is 0 Å². The molecule has 0 aliphatic carbocycles. The maximum Gasteiger partial charge on any atom is 0.245 e. The van der Waals surface area contributed by atoms with E-state index in [0.29, 0.717) is 0 Å². The Labute approximate surface area is 107 Å². The minimum Gasteiger partial charge on any atom is -0.225 e. The fourth-order valence-corrected chi connectivity index (χ4v) is 3.71. The minimum atomic E-state index is -4.12. The summed E-state index contributed by atoms with van der Waals surface area (Å²) < 4.78 is 47.7. The molecule has 0 radical (unpaired) electrons. The molecule has 0 atom stereocenters. The van der Waals surface area contributed by atoms with E-state index in [1.807, 2.05) is 0 Å². The minimum absolute atomic E-state index is 0.165. The van der Waals surface area contributed by atoms with E-state index in [0.717, 1.165) is 10.4 Å². The molecule has 0 aromatic heterocycles. The standard InChI is InChI=1S/C10H12N2O4S2/c1-3-8-12(2)18(15,16)10-7-5-4-6-9(10)17(11,13)14/h1,4-7H,8H2,2H3,(H2,11,13,14). The zero-order chi connectivity index (χ0) is 14.0. The monoisotopic (exact) mass is 288 g/mol. The lowest BCUT2D eigenvalue weighted by Crippen LogP contribution is -2.29. The fourth-order valence-electron chi connectivity index (χ4n) is 1.28. The summed E-state index contributed by atoms with van der Waals surface area (Å²) in [6.45, 7) is -0.165. The molecule has 1 aromatic carbocycles. The summed E-state index contributed by atoms with van der Waals surface area (Å²) >= 11 is 0. The van der Waals surface area contributed by atoms with Gasteiger partial charge in [0.05, 0.1) is 6.54 Å². The Kier molecular flexibility index (Phi) is 4.13. The molecule has 0 fully saturated rings. The highest BCUT2D eigenvalue weighted by Crippen LogP contribution is 2.22. The van der Waals surface area contributed by atoms with Crippen molar-refractivity contribution in [2.24, 2.45) is 5.14 Å². The number of terminal acetylenes is 1. The van der Waals surface area contributed by atoms with Crippen molar-refractivity contribution in [1.82, 2.24) is 4.31 Å². The third-order valence-electron chi connectivity index (χ3n) is 2.16. The molecule has 0 unspecified atom stereocenters. The Morgan fingerprint density at radius 3 is 2.17 bits per heavy atom. The maximum atomic E-state index is 12.1. The van der Waals surface area contributed by atoms with E-state index in [1.165, 1.54) is 25.2 Å². The predicted octanol–water partition coefficient (Wildman–Crippen LogP) is -0.412. The van der Waals surface area contributed by atoms with Gasteiger partial charge in [0, 0.05) is 7.05 Å². The lowest BCUT2D eigenvalue weighted by atomic mass is 10.4. The number of hydrogen-bond acceptors (Lipinski definition) is 4. The van der Waals surface area contributed by atoms with Gasteiger partial charge in [-0.15, -0.1) is 6.42 Å². The summed E-state index contributed by atoms with van der Waals surface area (Å²) in [5, 5.41) is 4.98. The predicted molar refractivity (Wildman–Crippen MR) is 66.5 cm³/mol. The third kappa shape index (κ3) is 2.88. The van der Waals surface area contributed by atoms with Crippen molar-refractivity contribution in [2.75, 3.05) is 13.6 Å². The lowest BCUT2D eigenvalue weighted by Gasteiger charge is -2.16. The highest BCUT2D eigenvalue weighted by Gasteiger charge is 2.27. The van der Waals surface area contributed by atoms with Crippen molar-refractivity contribution >= 4 is 20.0 Å². The zero-order valence-electron chi connectivity index (χ0n) is 9.57. The molecule has 0 bridgehead atoms. The highest BCUT2D eigenvalue weighted by molar-refractivity contribution is 7.92. The van der Waals surface area contributed by atoms with Gasteiger partial charge in [-0.2, -0.15) is 4.31 Å². The van der Waals surface area contributed by atoms with Crippen LogP contribution < -0.4 is 5.14 Å². The number of benzene rings is 1. The molecule has 0 aliphatic heterocycles. The molecule has 8 heteroatoms. The number of hydrogen-bond donors (Lipinski definition) is 1. The van der Waals surface area contributed by atoms with Crippen LogP contribution in [0.4, 0.5) is 0 Å². The molecule has 0 heterocycles. The summed E-state index contributed by atoms with van der Waals surface area (Å²) in [6.07, 6.45) is 5.03. The van der Waals surface area contributed by atoms with Crippen LogP contribution in [0.2, 0.25) is 0 Å². The molecule has 1 rings (SSSR count). The quantitative estimate of drug-likeness (QED) is 0.761. The van der Waals surface area contributed by atoms with E-state index in [2.05, 4.69) is 5.92 Å². The number of nitrogens with zero attached hydrogens (tertiary/aromatic N) is 1. The fraction of sp³-hybridized carbons (Fsp3) is 0.200. The SMILES string of the molecule is C#CCN(C)S(=O)(=O)c1ccccc1S(N)(=O)=O. The molecule has 6 nitrogen and oxygen atoms in total. The van der Waals surface area contributed by atoms with E-state index < -0.39 is 24.9 Å². The second-order valence-electron chi connectivity index (χ2n) is 3.46. The molecule has 0 aliphatic rings. The van der Waals surface area contributed by atoms with Crippen LogP contribution >= 0.6 is 0 Å². The Hall–Kier alpha value is -1.40. The molecular formula is C10H12N2O4S2. The van der Waals surface area contributed by atoms with Crippen LogP contribution in [-0.4, -0.2) is 34.7 Å². The lowest BCUT2D eigenvalue weighted by molar-refractivity contribution is 0.500. The van der Waals surface area contributed by atoms with Gasteiger partial charge >= 0.3 is 0 Å². The van der Waals surface area contributed by atoms with Crippen molar-refractivity contribution in [3.63, 3.8) is 0 Å². The molecule has 0 amide bonds. The molecule has 0 spiro atoms. The van der Waals surface area contributed by atoms with Gasteiger partial charge in [-0.1, -0.05) is 18.1 Å². The van der Waals surface area contributed by atoms with Gasteiger partial charge in [0.25, 0.3) is 0 Å². The normalized spacial score (nSPS) is 12.3. The summed E-state index contributed by atoms with van der Waals surface area (Å²) in [7, 11) is -6.85. The third-order valence-corrected chi connectivity index (χ3v) is 5.12. The molecule has 98 valence electrons. The first-order valence-corrected chi connectivity index (χ1v) is 7.71. The van der Waals surface area contributed by atoms with Crippen LogP contribution in [0.25, 0.3) is 0 Å². The smallest absolute Gasteiger partial charge is 0.225 e. The van der Waals surface area contributed by atoms with E-state index in [1.54, 1.807) is 0 Å². The van der Waals surface area contributed by atoms with Gasteiger partial charge in [0.15, 0.2) is 0 Å². The first-order valence-electron chi connectivity index (χ1n) is 4.73. The molecule has 18 heavy (non-hydrogen) atoms. The van der Waals surface area contributed by atoms with Crippen LogP contribution in [0.15, 0.2) is 34.1 Å². The molecule has 0 saturated heterocycles. The molecular weight excluding hydrogens is 276 g/mol. The Morgan fingerprint density at radius 2 is 1.72 bits per heavy atom. The van der Waals surface area contributed by atoms with Gasteiger partial charge in [-0.3, -0.25) is 0 Å². The van der Waals surface area contributed by atoms with Crippen LogP contribution in [0, 0.1) is 12.3 Å². The summed E-state index contributed by atoms with van der Waals surface area (Å²) in [6, 6.07) is 5.10. The largest absolute Gasteiger partial charge is 0.245 e. The molecule has 2 N–H and O–H groups in total. The van der Waals surface area contributed by atoms with E-state index >= 15 is 0 Å². The van der Waals surface area contributed by atoms with Crippen LogP contribution in [-0.2, 0) is 20.0 Å². The van der Waals surface area contributed by atoms with E-state index in [4.69, 9.17) is 11.6 Å².